The van der Waals surface area contributed by atoms with Gasteiger partial charge in [0.15, 0.2) is 0 Å². The van der Waals surface area contributed by atoms with Crippen LogP contribution in [0.4, 0.5) is 0 Å². The highest BCUT2D eigenvalue weighted by Gasteiger charge is 2.32. The lowest BCUT2D eigenvalue weighted by atomic mass is 9.90. The average molecular weight is 400 g/mol. The molecular weight excluding hydrogens is 380 g/mol. The van der Waals surface area contributed by atoms with Crippen molar-refractivity contribution < 1.29 is 9.90 Å². The van der Waals surface area contributed by atoms with Gasteiger partial charge in [-0.05, 0) is 23.8 Å². The first-order chi connectivity index (χ1) is 14.5. The van der Waals surface area contributed by atoms with Crippen LogP contribution in [0, 0.1) is 0 Å². The predicted molar refractivity (Wildman–Crippen MR) is 112 cm³/mol. The van der Waals surface area contributed by atoms with E-state index in [9.17, 15) is 14.7 Å². The Morgan fingerprint density at radius 2 is 2.00 bits per heavy atom. The predicted octanol–water partition coefficient (Wildman–Crippen LogP) is 2.76. The van der Waals surface area contributed by atoms with Crippen molar-refractivity contribution in [3.63, 3.8) is 0 Å². The van der Waals surface area contributed by atoms with E-state index < -0.39 is 0 Å². The number of nitrogens with one attached hydrogen (secondary N) is 1. The molecule has 3 heterocycles. The van der Waals surface area contributed by atoms with Gasteiger partial charge in [0.1, 0.15) is 5.75 Å². The van der Waals surface area contributed by atoms with Crippen molar-refractivity contribution in [1.29, 1.82) is 0 Å². The minimum Gasteiger partial charge on any atom is -0.508 e. The number of fused-ring (bicyclic) bond motifs is 2. The normalized spacial score (nSPS) is 15.9. The summed E-state index contributed by atoms with van der Waals surface area (Å²) < 4.78 is 1.55. The number of imidazole rings is 1. The van der Waals surface area contributed by atoms with Crippen LogP contribution in [0.1, 0.15) is 33.2 Å². The Hall–Kier alpha value is -3.87. The molecule has 0 aliphatic carbocycles. The van der Waals surface area contributed by atoms with Crippen LogP contribution in [0.15, 0.2) is 65.7 Å². The van der Waals surface area contributed by atoms with E-state index in [1.165, 1.54) is 6.07 Å². The zero-order valence-corrected chi connectivity index (χ0v) is 16.4. The van der Waals surface area contributed by atoms with Gasteiger partial charge in [0.05, 0.1) is 35.3 Å². The number of hydrogen-bond donors (Lipinski definition) is 2. The number of amides is 1. The van der Waals surface area contributed by atoms with Crippen LogP contribution < -0.4 is 5.56 Å². The maximum absolute atomic E-state index is 13.5. The number of aromatic hydroxyl groups is 1. The van der Waals surface area contributed by atoms with Crippen LogP contribution in [0.3, 0.4) is 0 Å². The number of hydrogen-bond acceptors (Lipinski definition) is 4. The van der Waals surface area contributed by atoms with E-state index in [1.54, 1.807) is 41.0 Å². The Morgan fingerprint density at radius 3 is 2.83 bits per heavy atom. The van der Waals surface area contributed by atoms with Gasteiger partial charge in [-0.1, -0.05) is 30.3 Å². The van der Waals surface area contributed by atoms with Gasteiger partial charge in [0, 0.05) is 31.0 Å². The number of nitrogens with zero attached hydrogens (tertiary/aromatic N) is 3. The van der Waals surface area contributed by atoms with Gasteiger partial charge in [0.25, 0.3) is 11.5 Å². The molecule has 0 bridgehead atoms. The van der Waals surface area contributed by atoms with Crippen molar-refractivity contribution in [3.8, 4) is 5.75 Å². The summed E-state index contributed by atoms with van der Waals surface area (Å²) in [6, 6.07) is 15.9. The standard InChI is InChI=1S/C23H20N4O3/c1-26-20-8-3-2-7-16(20)17(10-21(26)29)23(30)27-11-18(14-5-4-6-15(28)9-14)22-19(12-27)24-13-25-22/h2-10,13,18,28H,11-12H2,1H3,(H,24,25). The SMILES string of the molecule is Cn1c(=O)cc(C(=O)N2Cc3[nH]cnc3C(c3cccc(O)c3)C2)c2ccccc21. The lowest BCUT2D eigenvalue weighted by Crippen LogP contribution is -2.39. The van der Waals surface area contributed by atoms with Crippen LogP contribution in [0.5, 0.6) is 5.75 Å². The summed E-state index contributed by atoms with van der Waals surface area (Å²) in [5.41, 5.74) is 3.51. The fraction of sp³-hybridized carbons (Fsp3) is 0.174. The molecule has 0 radical (unpaired) electrons. The molecule has 2 N–H and O–H groups in total. The van der Waals surface area contributed by atoms with Gasteiger partial charge >= 0.3 is 0 Å². The van der Waals surface area contributed by atoms with Crippen LogP contribution >= 0.6 is 0 Å². The van der Waals surface area contributed by atoms with E-state index in [-0.39, 0.29) is 23.1 Å². The molecule has 4 aromatic rings. The molecule has 150 valence electrons. The first kappa shape index (κ1) is 18.2. The number of pyridine rings is 1. The van der Waals surface area contributed by atoms with E-state index in [0.717, 1.165) is 27.9 Å². The molecule has 1 unspecified atom stereocenters. The number of H-pyrrole nitrogens is 1. The smallest absolute Gasteiger partial charge is 0.255 e. The largest absolute Gasteiger partial charge is 0.508 e. The molecule has 1 aliphatic rings. The lowest BCUT2D eigenvalue weighted by molar-refractivity contribution is 0.0723. The molecule has 5 rings (SSSR count). The summed E-state index contributed by atoms with van der Waals surface area (Å²) in [4.78, 5) is 35.3. The molecular formula is C23H20N4O3. The lowest BCUT2D eigenvalue weighted by Gasteiger charge is -2.32. The minimum atomic E-state index is -0.221. The number of aryl methyl sites for hydroxylation is 1. The van der Waals surface area contributed by atoms with Crippen molar-refractivity contribution in [2.75, 3.05) is 6.54 Å². The van der Waals surface area contributed by atoms with Crippen LogP contribution in [0.25, 0.3) is 10.9 Å². The molecule has 0 saturated carbocycles. The Balaban J connectivity index is 1.59. The maximum atomic E-state index is 13.5. The zero-order valence-electron chi connectivity index (χ0n) is 16.4. The van der Waals surface area contributed by atoms with Gasteiger partial charge in [0.2, 0.25) is 0 Å². The molecule has 1 atom stereocenters. The van der Waals surface area contributed by atoms with E-state index in [2.05, 4.69) is 9.97 Å². The molecule has 1 amide bonds. The third-order valence-electron chi connectivity index (χ3n) is 5.78. The molecule has 1 aliphatic heterocycles. The number of aromatic amines is 1. The molecule has 0 fully saturated rings. The molecule has 0 spiro atoms. The van der Waals surface area contributed by atoms with E-state index in [4.69, 9.17) is 0 Å². The number of rotatable bonds is 2. The highest BCUT2D eigenvalue weighted by atomic mass is 16.3. The Bertz CT molecular complexity index is 1340. The Kier molecular flexibility index (Phi) is 4.17. The summed E-state index contributed by atoms with van der Waals surface area (Å²) in [7, 11) is 1.70. The minimum absolute atomic E-state index is 0.172. The van der Waals surface area contributed by atoms with Crippen molar-refractivity contribution in [1.82, 2.24) is 19.4 Å². The van der Waals surface area contributed by atoms with Crippen LogP contribution in [-0.4, -0.2) is 37.0 Å². The van der Waals surface area contributed by atoms with E-state index >= 15 is 0 Å². The van der Waals surface area contributed by atoms with Crippen molar-refractivity contribution in [2.45, 2.75) is 12.5 Å². The second-order valence-corrected chi connectivity index (χ2v) is 7.57. The number of benzene rings is 2. The molecule has 2 aromatic heterocycles. The van der Waals surface area contributed by atoms with Crippen molar-refractivity contribution in [2.24, 2.45) is 7.05 Å². The fourth-order valence-electron chi connectivity index (χ4n) is 4.24. The van der Waals surface area contributed by atoms with Crippen LogP contribution in [-0.2, 0) is 13.6 Å². The highest BCUT2D eigenvalue weighted by molar-refractivity contribution is 6.06. The average Bonchev–Trinajstić information content (AvgIpc) is 3.24. The summed E-state index contributed by atoms with van der Waals surface area (Å²) in [6.07, 6.45) is 1.63. The summed E-state index contributed by atoms with van der Waals surface area (Å²) in [5, 5.41) is 10.7. The quantitative estimate of drug-likeness (QED) is 0.541. The van der Waals surface area contributed by atoms with Gasteiger partial charge in [-0.3, -0.25) is 9.59 Å². The number of aromatic nitrogens is 3. The van der Waals surface area contributed by atoms with E-state index in [0.29, 0.717) is 18.7 Å². The summed E-state index contributed by atoms with van der Waals surface area (Å²) in [6.45, 7) is 0.788. The molecule has 30 heavy (non-hydrogen) atoms. The van der Waals surface area contributed by atoms with Crippen molar-refractivity contribution in [3.05, 3.63) is 93.8 Å². The molecule has 7 nitrogen and oxygen atoms in total. The van der Waals surface area contributed by atoms with Gasteiger partial charge in [-0.15, -0.1) is 0 Å². The van der Waals surface area contributed by atoms with Crippen LogP contribution in [0.2, 0.25) is 0 Å². The summed E-state index contributed by atoms with van der Waals surface area (Å²) >= 11 is 0. The number of carbonyl (C=O) groups is 1. The topological polar surface area (TPSA) is 91.2 Å². The highest BCUT2D eigenvalue weighted by Crippen LogP contribution is 2.33. The molecule has 0 saturated heterocycles. The third kappa shape index (κ3) is 2.86. The second kappa shape index (κ2) is 6.88. The molecule has 7 heteroatoms. The van der Waals surface area contributed by atoms with Gasteiger partial charge < -0.3 is 19.6 Å². The maximum Gasteiger partial charge on any atom is 0.255 e. The number of phenols is 1. The second-order valence-electron chi connectivity index (χ2n) is 7.57. The third-order valence-corrected chi connectivity index (χ3v) is 5.78. The monoisotopic (exact) mass is 400 g/mol. The zero-order chi connectivity index (χ0) is 20.8. The van der Waals surface area contributed by atoms with E-state index in [1.807, 2.05) is 30.3 Å². The first-order valence-corrected chi connectivity index (χ1v) is 9.72. The number of para-hydroxylation sites is 1. The van der Waals surface area contributed by atoms with Crippen molar-refractivity contribution >= 4 is 16.8 Å². The number of phenolic OH excluding ortho intramolecular Hbond substituents is 1. The fourth-order valence-corrected chi connectivity index (χ4v) is 4.24. The number of carbonyl (C=O) groups excluding carboxylic acids is 1. The molecule has 2 aromatic carbocycles. The Labute approximate surface area is 172 Å². The van der Waals surface area contributed by atoms with Gasteiger partial charge in [-0.25, -0.2) is 4.98 Å². The van der Waals surface area contributed by atoms with Gasteiger partial charge in [-0.2, -0.15) is 0 Å². The summed E-state index contributed by atoms with van der Waals surface area (Å²) in [5.74, 6) is -0.200. The first-order valence-electron chi connectivity index (χ1n) is 9.72. The Morgan fingerprint density at radius 1 is 1.17 bits per heavy atom.